The number of carbonyl (C=O) groups is 1. The molecule has 0 aliphatic rings. The van der Waals surface area contributed by atoms with Crippen molar-refractivity contribution in [2.45, 2.75) is 19.4 Å². The van der Waals surface area contributed by atoms with Gasteiger partial charge in [-0.3, -0.25) is 4.79 Å². The highest BCUT2D eigenvalue weighted by Crippen LogP contribution is 2.17. The van der Waals surface area contributed by atoms with Crippen LogP contribution in [0.1, 0.15) is 12.5 Å². The predicted molar refractivity (Wildman–Crippen MR) is 78.0 cm³/mol. The molecule has 2 rings (SSSR count). The average Bonchev–Trinajstić information content (AvgIpc) is 2.73. The Labute approximate surface area is 111 Å². The van der Waals surface area contributed by atoms with Crippen molar-refractivity contribution < 1.29 is 4.79 Å². The summed E-state index contributed by atoms with van der Waals surface area (Å²) in [6, 6.07) is 8.27. The van der Waals surface area contributed by atoms with E-state index in [4.69, 9.17) is 0 Å². The summed E-state index contributed by atoms with van der Waals surface area (Å²) in [5.74, 6) is 1.03. The number of thioether (sulfide) groups is 1. The Morgan fingerprint density at radius 1 is 1.44 bits per heavy atom. The molecular weight excluding hydrogens is 244 g/mol. The summed E-state index contributed by atoms with van der Waals surface area (Å²) in [6.07, 6.45) is 4.40. The van der Waals surface area contributed by atoms with Gasteiger partial charge < -0.3 is 10.3 Å². The first-order chi connectivity index (χ1) is 8.70. The predicted octanol–water partition coefficient (Wildman–Crippen LogP) is 2.58. The van der Waals surface area contributed by atoms with Gasteiger partial charge >= 0.3 is 0 Å². The molecule has 1 aromatic heterocycles. The lowest BCUT2D eigenvalue weighted by atomic mass is 10.1. The maximum absolute atomic E-state index is 11.9. The highest BCUT2D eigenvalue weighted by Gasteiger charge is 2.10. The number of rotatable bonds is 5. The summed E-state index contributed by atoms with van der Waals surface area (Å²) < 4.78 is 0. The number of nitrogens with one attached hydrogen (secondary N) is 2. The SMILES string of the molecule is CSCC(C)NC(=O)Cc1c[nH]c2ccccc12. The number of amides is 1. The zero-order valence-electron chi connectivity index (χ0n) is 10.7. The van der Waals surface area contributed by atoms with E-state index in [1.165, 1.54) is 0 Å². The zero-order valence-corrected chi connectivity index (χ0v) is 11.5. The average molecular weight is 262 g/mol. The Bertz CT molecular complexity index is 535. The van der Waals surface area contributed by atoms with Gasteiger partial charge in [0, 0.05) is 28.9 Å². The Morgan fingerprint density at radius 2 is 2.22 bits per heavy atom. The van der Waals surface area contributed by atoms with Gasteiger partial charge in [-0.05, 0) is 24.8 Å². The van der Waals surface area contributed by atoms with Crippen LogP contribution in [-0.4, -0.2) is 28.9 Å². The molecule has 1 heterocycles. The largest absolute Gasteiger partial charge is 0.361 e. The Morgan fingerprint density at radius 3 is 3.00 bits per heavy atom. The second-order valence-corrected chi connectivity index (χ2v) is 5.37. The van der Waals surface area contributed by atoms with Gasteiger partial charge in [0.25, 0.3) is 0 Å². The first-order valence-corrected chi connectivity index (χ1v) is 7.43. The van der Waals surface area contributed by atoms with Crippen LogP contribution in [0.3, 0.4) is 0 Å². The fraction of sp³-hybridized carbons (Fsp3) is 0.357. The molecule has 96 valence electrons. The van der Waals surface area contributed by atoms with Gasteiger partial charge in [-0.15, -0.1) is 0 Å². The first kappa shape index (κ1) is 13.0. The van der Waals surface area contributed by atoms with Crippen molar-refractivity contribution in [2.24, 2.45) is 0 Å². The van der Waals surface area contributed by atoms with Crippen molar-refractivity contribution >= 4 is 28.6 Å². The van der Waals surface area contributed by atoms with Crippen LogP contribution in [0.2, 0.25) is 0 Å². The third-order valence-corrected chi connectivity index (χ3v) is 3.68. The number of H-pyrrole nitrogens is 1. The van der Waals surface area contributed by atoms with Crippen molar-refractivity contribution in [2.75, 3.05) is 12.0 Å². The van der Waals surface area contributed by atoms with E-state index in [0.717, 1.165) is 22.2 Å². The zero-order chi connectivity index (χ0) is 13.0. The van der Waals surface area contributed by atoms with Crippen molar-refractivity contribution in [3.05, 3.63) is 36.0 Å². The molecule has 0 spiro atoms. The quantitative estimate of drug-likeness (QED) is 0.870. The molecular formula is C14H18N2OS. The van der Waals surface area contributed by atoms with Crippen LogP contribution in [0.5, 0.6) is 0 Å². The molecule has 0 saturated carbocycles. The lowest BCUT2D eigenvalue weighted by Crippen LogP contribution is -2.35. The van der Waals surface area contributed by atoms with Crippen LogP contribution < -0.4 is 5.32 Å². The number of aromatic amines is 1. The highest BCUT2D eigenvalue weighted by molar-refractivity contribution is 7.98. The molecule has 1 unspecified atom stereocenters. The van der Waals surface area contributed by atoms with E-state index in [1.54, 1.807) is 11.8 Å². The van der Waals surface area contributed by atoms with Gasteiger partial charge in [0.1, 0.15) is 0 Å². The fourth-order valence-corrected chi connectivity index (χ4v) is 2.65. The number of hydrogen-bond acceptors (Lipinski definition) is 2. The molecule has 0 radical (unpaired) electrons. The molecule has 1 aromatic carbocycles. The first-order valence-electron chi connectivity index (χ1n) is 6.04. The lowest BCUT2D eigenvalue weighted by molar-refractivity contribution is -0.120. The van der Waals surface area contributed by atoms with E-state index in [9.17, 15) is 4.79 Å². The summed E-state index contributed by atoms with van der Waals surface area (Å²) in [7, 11) is 0. The van der Waals surface area contributed by atoms with E-state index in [2.05, 4.69) is 10.3 Å². The van der Waals surface area contributed by atoms with Crippen molar-refractivity contribution in [3.63, 3.8) is 0 Å². The maximum atomic E-state index is 11.9. The Balaban J connectivity index is 2.03. The molecule has 1 amide bonds. The molecule has 18 heavy (non-hydrogen) atoms. The van der Waals surface area contributed by atoms with Crippen molar-refractivity contribution in [1.29, 1.82) is 0 Å². The molecule has 0 fully saturated rings. The van der Waals surface area contributed by atoms with E-state index in [0.29, 0.717) is 6.42 Å². The number of aromatic nitrogens is 1. The molecule has 2 N–H and O–H groups in total. The standard InChI is InChI=1S/C14H18N2OS/c1-10(9-18-2)16-14(17)7-11-8-15-13-6-4-3-5-12(11)13/h3-6,8,10,15H,7,9H2,1-2H3,(H,16,17). The van der Waals surface area contributed by atoms with Crippen molar-refractivity contribution in [1.82, 2.24) is 10.3 Å². The van der Waals surface area contributed by atoms with Gasteiger partial charge in [-0.25, -0.2) is 0 Å². The van der Waals surface area contributed by atoms with Crippen LogP contribution in [-0.2, 0) is 11.2 Å². The van der Waals surface area contributed by atoms with E-state index in [-0.39, 0.29) is 11.9 Å². The minimum Gasteiger partial charge on any atom is -0.361 e. The second kappa shape index (κ2) is 5.96. The van der Waals surface area contributed by atoms with E-state index in [1.807, 2.05) is 43.6 Å². The highest BCUT2D eigenvalue weighted by atomic mass is 32.2. The molecule has 0 aliphatic heterocycles. The van der Waals surface area contributed by atoms with Crippen LogP contribution >= 0.6 is 11.8 Å². The summed E-state index contributed by atoms with van der Waals surface area (Å²) in [5.41, 5.74) is 2.14. The molecule has 2 aromatic rings. The fourth-order valence-electron chi connectivity index (χ4n) is 2.07. The minimum atomic E-state index is 0.0845. The topological polar surface area (TPSA) is 44.9 Å². The normalized spacial score (nSPS) is 12.6. The summed E-state index contributed by atoms with van der Waals surface area (Å²) in [4.78, 5) is 15.1. The lowest BCUT2D eigenvalue weighted by Gasteiger charge is -2.11. The van der Waals surface area contributed by atoms with E-state index >= 15 is 0 Å². The summed E-state index contributed by atoms with van der Waals surface area (Å²) in [5, 5.41) is 4.14. The van der Waals surface area contributed by atoms with Gasteiger partial charge in [-0.2, -0.15) is 11.8 Å². The molecule has 0 bridgehead atoms. The van der Waals surface area contributed by atoms with Crippen LogP contribution in [0.25, 0.3) is 10.9 Å². The molecule has 4 heteroatoms. The summed E-state index contributed by atoms with van der Waals surface area (Å²) in [6.45, 7) is 2.03. The van der Waals surface area contributed by atoms with Gasteiger partial charge in [0.2, 0.25) is 5.91 Å². The van der Waals surface area contributed by atoms with E-state index < -0.39 is 0 Å². The van der Waals surface area contributed by atoms with Crippen LogP contribution in [0.15, 0.2) is 30.5 Å². The monoisotopic (exact) mass is 262 g/mol. The van der Waals surface area contributed by atoms with Crippen molar-refractivity contribution in [3.8, 4) is 0 Å². The van der Waals surface area contributed by atoms with Gasteiger partial charge in [0.15, 0.2) is 0 Å². The van der Waals surface area contributed by atoms with Crippen LogP contribution in [0.4, 0.5) is 0 Å². The molecule has 0 saturated heterocycles. The van der Waals surface area contributed by atoms with Crippen LogP contribution in [0, 0.1) is 0 Å². The number of para-hydroxylation sites is 1. The molecule has 3 nitrogen and oxygen atoms in total. The van der Waals surface area contributed by atoms with Gasteiger partial charge in [-0.1, -0.05) is 18.2 Å². The smallest absolute Gasteiger partial charge is 0.224 e. The van der Waals surface area contributed by atoms with Gasteiger partial charge in [0.05, 0.1) is 6.42 Å². The maximum Gasteiger partial charge on any atom is 0.224 e. The Hall–Kier alpha value is -1.42. The number of benzene rings is 1. The number of carbonyl (C=O) groups excluding carboxylic acids is 1. The molecule has 0 aliphatic carbocycles. The number of hydrogen-bond donors (Lipinski definition) is 2. The number of fused-ring (bicyclic) bond motifs is 1. The minimum absolute atomic E-state index is 0.0845. The Kier molecular flexibility index (Phi) is 4.31. The second-order valence-electron chi connectivity index (χ2n) is 4.46. The molecule has 1 atom stereocenters. The third kappa shape index (κ3) is 3.07. The third-order valence-electron chi connectivity index (χ3n) is 2.85. The summed E-state index contributed by atoms with van der Waals surface area (Å²) >= 11 is 1.74.